The van der Waals surface area contributed by atoms with E-state index in [9.17, 15) is 14.0 Å². The molecule has 172 valence electrons. The van der Waals surface area contributed by atoms with Gasteiger partial charge in [0.25, 0.3) is 0 Å². The number of amides is 2. The monoisotopic (exact) mass is 466 g/mol. The van der Waals surface area contributed by atoms with Gasteiger partial charge in [-0.25, -0.2) is 4.39 Å². The molecule has 2 amide bonds. The summed E-state index contributed by atoms with van der Waals surface area (Å²) in [6, 6.07) is 22.5. The Hall–Kier alpha value is -3.18. The van der Waals surface area contributed by atoms with Crippen molar-refractivity contribution in [2.75, 3.05) is 0 Å². The first kappa shape index (κ1) is 24.5. The molecule has 3 rings (SSSR count). The average molecular weight is 467 g/mol. The van der Waals surface area contributed by atoms with Crippen LogP contribution in [0.4, 0.5) is 4.39 Å². The molecule has 0 aliphatic heterocycles. The summed E-state index contributed by atoms with van der Waals surface area (Å²) in [5.74, 6) is -1.16. The van der Waals surface area contributed by atoms with E-state index >= 15 is 0 Å². The minimum atomic E-state index is -0.770. The van der Waals surface area contributed by atoms with Crippen molar-refractivity contribution in [3.63, 3.8) is 0 Å². The number of benzene rings is 3. The summed E-state index contributed by atoms with van der Waals surface area (Å²) in [4.78, 5) is 28.4. The molecule has 0 unspecified atom stereocenters. The molecule has 0 heterocycles. The molecule has 0 aliphatic carbocycles. The van der Waals surface area contributed by atoms with Crippen molar-refractivity contribution < 1.29 is 14.0 Å². The molecule has 0 saturated carbocycles. The molecule has 1 atom stereocenters. The molecule has 0 spiro atoms. The van der Waals surface area contributed by atoms with Crippen LogP contribution in [-0.2, 0) is 29.0 Å². The fraction of sp³-hybridized carbons (Fsp3) is 0.259. The zero-order valence-electron chi connectivity index (χ0n) is 18.8. The second kappa shape index (κ2) is 11.6. The van der Waals surface area contributed by atoms with Gasteiger partial charge in [0.1, 0.15) is 11.9 Å². The van der Waals surface area contributed by atoms with E-state index in [-0.39, 0.29) is 41.4 Å². The van der Waals surface area contributed by atoms with Gasteiger partial charge in [0, 0.05) is 29.6 Å². The van der Waals surface area contributed by atoms with E-state index in [0.29, 0.717) is 6.42 Å². The number of halogens is 2. The Kier molecular flexibility index (Phi) is 8.61. The predicted molar refractivity (Wildman–Crippen MR) is 129 cm³/mol. The van der Waals surface area contributed by atoms with E-state index in [1.165, 1.54) is 17.0 Å². The summed E-state index contributed by atoms with van der Waals surface area (Å²) < 4.78 is 14.4. The highest BCUT2D eigenvalue weighted by Crippen LogP contribution is 2.22. The Morgan fingerprint density at radius 1 is 0.909 bits per heavy atom. The van der Waals surface area contributed by atoms with Crippen LogP contribution in [0.3, 0.4) is 0 Å². The van der Waals surface area contributed by atoms with Gasteiger partial charge in [-0.05, 0) is 37.1 Å². The van der Waals surface area contributed by atoms with Crippen LogP contribution in [0, 0.1) is 5.82 Å². The Labute approximate surface area is 199 Å². The SMILES string of the molecule is CC(C)NC(=O)[C@@H](Cc1ccccc1)N(Cc1ccccc1)C(=O)Cc1c(F)cccc1Cl. The average Bonchev–Trinajstić information content (AvgIpc) is 2.79. The van der Waals surface area contributed by atoms with Crippen LogP contribution >= 0.6 is 11.6 Å². The van der Waals surface area contributed by atoms with Gasteiger partial charge in [-0.15, -0.1) is 0 Å². The second-order valence-electron chi connectivity index (χ2n) is 8.25. The first-order chi connectivity index (χ1) is 15.8. The number of carbonyl (C=O) groups excluding carboxylic acids is 2. The maximum absolute atomic E-state index is 14.4. The molecule has 0 saturated heterocycles. The van der Waals surface area contributed by atoms with Gasteiger partial charge >= 0.3 is 0 Å². The third kappa shape index (κ3) is 6.90. The van der Waals surface area contributed by atoms with E-state index in [4.69, 9.17) is 11.6 Å². The molecular formula is C27H28ClFN2O2. The number of hydrogen-bond donors (Lipinski definition) is 1. The van der Waals surface area contributed by atoms with Crippen molar-refractivity contribution in [1.29, 1.82) is 0 Å². The van der Waals surface area contributed by atoms with Crippen LogP contribution in [-0.4, -0.2) is 28.8 Å². The molecule has 1 N–H and O–H groups in total. The topological polar surface area (TPSA) is 49.4 Å². The van der Waals surface area contributed by atoms with E-state index in [0.717, 1.165) is 11.1 Å². The summed E-state index contributed by atoms with van der Waals surface area (Å²) in [5.41, 5.74) is 1.93. The van der Waals surface area contributed by atoms with Crippen molar-refractivity contribution in [3.05, 3.63) is 106 Å². The zero-order chi connectivity index (χ0) is 23.8. The molecule has 0 aromatic heterocycles. The fourth-order valence-corrected chi connectivity index (χ4v) is 3.90. The Balaban J connectivity index is 1.99. The van der Waals surface area contributed by atoms with E-state index in [1.807, 2.05) is 74.5 Å². The number of rotatable bonds is 9. The van der Waals surface area contributed by atoms with Crippen molar-refractivity contribution >= 4 is 23.4 Å². The summed E-state index contributed by atoms with van der Waals surface area (Å²) >= 11 is 6.19. The number of hydrogen-bond acceptors (Lipinski definition) is 2. The molecule has 33 heavy (non-hydrogen) atoms. The number of carbonyl (C=O) groups is 2. The lowest BCUT2D eigenvalue weighted by Crippen LogP contribution is -2.52. The van der Waals surface area contributed by atoms with Gasteiger partial charge in [-0.2, -0.15) is 0 Å². The van der Waals surface area contributed by atoms with Crippen LogP contribution < -0.4 is 5.32 Å². The van der Waals surface area contributed by atoms with Crippen LogP contribution in [0.1, 0.15) is 30.5 Å². The minimum Gasteiger partial charge on any atom is -0.352 e. The molecule has 0 fully saturated rings. The zero-order valence-corrected chi connectivity index (χ0v) is 19.6. The van der Waals surface area contributed by atoms with Crippen molar-refractivity contribution in [2.24, 2.45) is 0 Å². The lowest BCUT2D eigenvalue weighted by Gasteiger charge is -2.32. The maximum atomic E-state index is 14.4. The molecular weight excluding hydrogens is 439 g/mol. The third-order valence-electron chi connectivity index (χ3n) is 5.29. The van der Waals surface area contributed by atoms with E-state index in [1.54, 1.807) is 6.07 Å². The van der Waals surface area contributed by atoms with Gasteiger partial charge in [-0.3, -0.25) is 9.59 Å². The van der Waals surface area contributed by atoms with Crippen molar-refractivity contribution in [2.45, 2.75) is 45.3 Å². The van der Waals surface area contributed by atoms with Gasteiger partial charge in [0.15, 0.2) is 0 Å². The van der Waals surface area contributed by atoms with E-state index in [2.05, 4.69) is 5.32 Å². The summed E-state index contributed by atoms with van der Waals surface area (Å²) in [7, 11) is 0. The van der Waals surface area contributed by atoms with E-state index < -0.39 is 11.9 Å². The summed E-state index contributed by atoms with van der Waals surface area (Å²) in [6.07, 6.45) is 0.0988. The molecule has 0 bridgehead atoms. The number of nitrogens with zero attached hydrogens (tertiary/aromatic N) is 1. The lowest BCUT2D eigenvalue weighted by molar-refractivity contribution is -0.141. The molecule has 3 aromatic carbocycles. The van der Waals surface area contributed by atoms with Gasteiger partial charge < -0.3 is 10.2 Å². The lowest BCUT2D eigenvalue weighted by atomic mass is 10.0. The molecule has 3 aromatic rings. The first-order valence-corrected chi connectivity index (χ1v) is 11.3. The van der Waals surface area contributed by atoms with Gasteiger partial charge in [0.05, 0.1) is 6.42 Å². The smallest absolute Gasteiger partial charge is 0.243 e. The summed E-state index contributed by atoms with van der Waals surface area (Å²) in [6.45, 7) is 3.97. The maximum Gasteiger partial charge on any atom is 0.243 e. The molecule has 0 radical (unpaired) electrons. The molecule has 6 heteroatoms. The third-order valence-corrected chi connectivity index (χ3v) is 5.64. The summed E-state index contributed by atoms with van der Waals surface area (Å²) in [5, 5.41) is 3.13. The van der Waals surface area contributed by atoms with Crippen LogP contribution in [0.2, 0.25) is 5.02 Å². The predicted octanol–water partition coefficient (Wildman–Crippen LogP) is 5.19. The molecule has 0 aliphatic rings. The largest absolute Gasteiger partial charge is 0.352 e. The highest BCUT2D eigenvalue weighted by Gasteiger charge is 2.31. The number of nitrogens with one attached hydrogen (secondary N) is 1. The Morgan fingerprint density at radius 2 is 1.52 bits per heavy atom. The van der Waals surface area contributed by atoms with Gasteiger partial charge in [-0.1, -0.05) is 78.3 Å². The highest BCUT2D eigenvalue weighted by molar-refractivity contribution is 6.31. The Morgan fingerprint density at radius 3 is 2.09 bits per heavy atom. The second-order valence-corrected chi connectivity index (χ2v) is 8.66. The Bertz CT molecular complexity index is 1050. The minimum absolute atomic E-state index is 0.0922. The van der Waals surface area contributed by atoms with Crippen molar-refractivity contribution in [3.8, 4) is 0 Å². The standard InChI is InChI=1S/C27H28ClFN2O2/c1-19(2)30-27(33)25(16-20-10-5-3-6-11-20)31(18-21-12-7-4-8-13-21)26(32)17-22-23(28)14-9-15-24(22)29/h3-15,19,25H,16-18H2,1-2H3,(H,30,33)/t25-/m1/s1. The fourth-order valence-electron chi connectivity index (χ4n) is 3.67. The molecule has 4 nitrogen and oxygen atoms in total. The van der Waals surface area contributed by atoms with Crippen molar-refractivity contribution in [1.82, 2.24) is 10.2 Å². The van der Waals surface area contributed by atoms with Gasteiger partial charge in [0.2, 0.25) is 11.8 Å². The van der Waals surface area contributed by atoms with Crippen LogP contribution in [0.25, 0.3) is 0 Å². The highest BCUT2D eigenvalue weighted by atomic mass is 35.5. The van der Waals surface area contributed by atoms with Crippen LogP contribution in [0.5, 0.6) is 0 Å². The quantitative estimate of drug-likeness (QED) is 0.472. The van der Waals surface area contributed by atoms with Crippen LogP contribution in [0.15, 0.2) is 78.9 Å². The normalized spacial score (nSPS) is 11.8. The first-order valence-electron chi connectivity index (χ1n) is 11.0.